The van der Waals surface area contributed by atoms with E-state index in [9.17, 15) is 0 Å². The number of ether oxygens (including phenoxy) is 2. The van der Waals surface area contributed by atoms with E-state index in [1.165, 1.54) is 19.3 Å². The van der Waals surface area contributed by atoms with Gasteiger partial charge in [0.15, 0.2) is 0 Å². The number of unbranched alkanes of at least 4 members (excludes halogenated alkanes) is 3. The molecule has 0 bridgehead atoms. The molecule has 1 aromatic rings. The number of piperazine rings is 1. The van der Waals surface area contributed by atoms with Crippen molar-refractivity contribution in [3.05, 3.63) is 24.3 Å². The minimum atomic E-state index is -0.159. The van der Waals surface area contributed by atoms with Gasteiger partial charge in [-0.2, -0.15) is 0 Å². The second kappa shape index (κ2) is 10.7. The van der Waals surface area contributed by atoms with Crippen LogP contribution in [-0.4, -0.2) is 49.8 Å². The summed E-state index contributed by atoms with van der Waals surface area (Å²) >= 11 is 0. The maximum absolute atomic E-state index is 6.21. The lowest BCUT2D eigenvalue weighted by Crippen LogP contribution is -2.45. The average molecular weight is 349 g/mol. The van der Waals surface area contributed by atoms with Gasteiger partial charge in [0.05, 0.1) is 6.61 Å². The Kier molecular flexibility index (Phi) is 8.56. The van der Waals surface area contributed by atoms with E-state index < -0.39 is 0 Å². The van der Waals surface area contributed by atoms with Crippen LogP contribution in [0, 0.1) is 0 Å². The first kappa shape index (κ1) is 20.1. The van der Waals surface area contributed by atoms with Crippen molar-refractivity contribution < 1.29 is 9.47 Å². The van der Waals surface area contributed by atoms with Crippen molar-refractivity contribution in [1.82, 2.24) is 10.2 Å². The van der Waals surface area contributed by atoms with Crippen LogP contribution in [0.4, 0.5) is 0 Å². The molecule has 0 atom stereocenters. The molecule has 1 saturated heterocycles. The molecule has 4 nitrogen and oxygen atoms in total. The molecule has 1 aliphatic rings. The van der Waals surface area contributed by atoms with E-state index in [1.54, 1.807) is 0 Å². The van der Waals surface area contributed by atoms with Crippen LogP contribution in [0.1, 0.15) is 52.9 Å². The molecule has 25 heavy (non-hydrogen) atoms. The summed E-state index contributed by atoms with van der Waals surface area (Å²) in [5.74, 6) is 1.85. The number of hydrogen-bond acceptors (Lipinski definition) is 4. The zero-order valence-corrected chi connectivity index (χ0v) is 16.4. The maximum Gasteiger partial charge on any atom is 0.120 e. The van der Waals surface area contributed by atoms with Crippen molar-refractivity contribution in [3.8, 4) is 11.5 Å². The molecule has 1 aliphatic heterocycles. The Hall–Kier alpha value is -1.26. The Morgan fingerprint density at radius 1 is 1.00 bits per heavy atom. The van der Waals surface area contributed by atoms with E-state index in [0.717, 1.165) is 63.7 Å². The standard InChI is InChI=1S/C21H36N2O2/c1-4-5-6-7-18-24-19-8-10-20(11-9-19)25-21(2,3)12-15-23-16-13-22-14-17-23/h8-11,22H,4-7,12-18H2,1-3H3. The van der Waals surface area contributed by atoms with Gasteiger partial charge in [-0.1, -0.05) is 26.2 Å². The molecular weight excluding hydrogens is 312 g/mol. The summed E-state index contributed by atoms with van der Waals surface area (Å²) in [4.78, 5) is 2.51. The normalized spacial score (nSPS) is 16.0. The van der Waals surface area contributed by atoms with Crippen molar-refractivity contribution >= 4 is 0 Å². The van der Waals surface area contributed by atoms with Gasteiger partial charge in [-0.3, -0.25) is 0 Å². The van der Waals surface area contributed by atoms with Crippen molar-refractivity contribution in [1.29, 1.82) is 0 Å². The number of benzene rings is 1. The second-order valence-corrected chi connectivity index (χ2v) is 7.58. The predicted molar refractivity (Wildman–Crippen MR) is 105 cm³/mol. The SMILES string of the molecule is CCCCCCOc1ccc(OC(C)(C)CCN2CCNCC2)cc1. The summed E-state index contributed by atoms with van der Waals surface area (Å²) < 4.78 is 12.0. The molecule has 0 spiro atoms. The van der Waals surface area contributed by atoms with Gasteiger partial charge in [0.1, 0.15) is 17.1 Å². The van der Waals surface area contributed by atoms with Crippen molar-refractivity contribution in [2.45, 2.75) is 58.5 Å². The lowest BCUT2D eigenvalue weighted by atomic mass is 10.0. The molecule has 1 aromatic carbocycles. The maximum atomic E-state index is 6.21. The minimum Gasteiger partial charge on any atom is -0.494 e. The molecule has 2 rings (SSSR count). The summed E-state index contributed by atoms with van der Waals surface area (Å²) in [6.07, 6.45) is 5.96. The largest absolute Gasteiger partial charge is 0.494 e. The molecule has 1 N–H and O–H groups in total. The van der Waals surface area contributed by atoms with Crippen LogP contribution in [0.5, 0.6) is 11.5 Å². The number of nitrogens with zero attached hydrogens (tertiary/aromatic N) is 1. The molecule has 4 heteroatoms. The van der Waals surface area contributed by atoms with Gasteiger partial charge in [0.25, 0.3) is 0 Å². The Bertz CT molecular complexity index is 467. The fourth-order valence-electron chi connectivity index (χ4n) is 3.05. The minimum absolute atomic E-state index is 0.159. The van der Waals surface area contributed by atoms with Gasteiger partial charge in [0.2, 0.25) is 0 Å². The topological polar surface area (TPSA) is 33.7 Å². The molecule has 1 heterocycles. The van der Waals surface area contributed by atoms with E-state index in [2.05, 4.69) is 31.0 Å². The monoisotopic (exact) mass is 348 g/mol. The Morgan fingerprint density at radius 2 is 1.68 bits per heavy atom. The van der Waals surface area contributed by atoms with Crippen LogP contribution in [0.25, 0.3) is 0 Å². The van der Waals surface area contributed by atoms with Crippen LogP contribution in [0.2, 0.25) is 0 Å². The Labute approximate surface area is 153 Å². The Morgan fingerprint density at radius 3 is 2.36 bits per heavy atom. The highest BCUT2D eigenvalue weighted by molar-refractivity contribution is 5.31. The van der Waals surface area contributed by atoms with E-state index in [1.807, 2.05) is 24.3 Å². The van der Waals surface area contributed by atoms with Crippen LogP contribution in [0.15, 0.2) is 24.3 Å². The molecule has 142 valence electrons. The fourth-order valence-corrected chi connectivity index (χ4v) is 3.05. The molecule has 0 saturated carbocycles. The van der Waals surface area contributed by atoms with Crippen LogP contribution < -0.4 is 14.8 Å². The third kappa shape index (κ3) is 8.10. The number of hydrogen-bond donors (Lipinski definition) is 1. The third-order valence-corrected chi connectivity index (χ3v) is 4.72. The summed E-state index contributed by atoms with van der Waals surface area (Å²) in [6, 6.07) is 8.07. The average Bonchev–Trinajstić information content (AvgIpc) is 2.62. The quantitative estimate of drug-likeness (QED) is 0.611. The van der Waals surface area contributed by atoms with Crippen molar-refractivity contribution in [2.75, 3.05) is 39.3 Å². The summed E-state index contributed by atoms with van der Waals surface area (Å²) in [5, 5.41) is 3.40. The van der Waals surface area contributed by atoms with Gasteiger partial charge in [-0.25, -0.2) is 0 Å². The Balaban J connectivity index is 1.71. The summed E-state index contributed by atoms with van der Waals surface area (Å²) in [6.45, 7) is 12.9. The number of rotatable bonds is 11. The number of nitrogens with one attached hydrogen (secondary N) is 1. The molecule has 0 aromatic heterocycles. The van der Waals surface area contributed by atoms with Crippen LogP contribution in [0.3, 0.4) is 0 Å². The second-order valence-electron chi connectivity index (χ2n) is 7.58. The van der Waals surface area contributed by atoms with E-state index >= 15 is 0 Å². The van der Waals surface area contributed by atoms with E-state index in [4.69, 9.17) is 9.47 Å². The molecule has 0 amide bonds. The highest BCUT2D eigenvalue weighted by atomic mass is 16.5. The molecule has 0 aliphatic carbocycles. The van der Waals surface area contributed by atoms with Gasteiger partial charge >= 0.3 is 0 Å². The van der Waals surface area contributed by atoms with Crippen molar-refractivity contribution in [3.63, 3.8) is 0 Å². The lowest BCUT2D eigenvalue weighted by Gasteiger charge is -2.32. The predicted octanol–water partition coefficient (Wildman–Crippen LogP) is 4.10. The van der Waals surface area contributed by atoms with E-state index in [-0.39, 0.29) is 5.60 Å². The highest BCUT2D eigenvalue weighted by Crippen LogP contribution is 2.24. The van der Waals surface area contributed by atoms with Crippen LogP contribution in [-0.2, 0) is 0 Å². The smallest absolute Gasteiger partial charge is 0.120 e. The first-order valence-corrected chi connectivity index (χ1v) is 9.94. The summed E-state index contributed by atoms with van der Waals surface area (Å²) in [5.41, 5.74) is -0.159. The lowest BCUT2D eigenvalue weighted by molar-refractivity contribution is 0.0808. The van der Waals surface area contributed by atoms with Gasteiger partial charge in [-0.15, -0.1) is 0 Å². The van der Waals surface area contributed by atoms with Gasteiger partial charge in [0, 0.05) is 32.7 Å². The van der Waals surface area contributed by atoms with E-state index in [0.29, 0.717) is 0 Å². The van der Waals surface area contributed by atoms with Gasteiger partial charge in [-0.05, 0) is 51.0 Å². The fraction of sp³-hybridized carbons (Fsp3) is 0.714. The zero-order chi connectivity index (χ0) is 18.0. The van der Waals surface area contributed by atoms with Crippen molar-refractivity contribution in [2.24, 2.45) is 0 Å². The first-order valence-electron chi connectivity index (χ1n) is 9.94. The summed E-state index contributed by atoms with van der Waals surface area (Å²) in [7, 11) is 0. The molecule has 0 radical (unpaired) electrons. The van der Waals surface area contributed by atoms with Crippen LogP contribution >= 0.6 is 0 Å². The van der Waals surface area contributed by atoms with Gasteiger partial charge < -0.3 is 19.7 Å². The first-order chi connectivity index (χ1) is 12.1. The zero-order valence-electron chi connectivity index (χ0n) is 16.4. The highest BCUT2D eigenvalue weighted by Gasteiger charge is 2.22. The molecule has 0 unspecified atom stereocenters. The molecular formula is C21H36N2O2. The molecule has 1 fully saturated rings. The third-order valence-electron chi connectivity index (χ3n) is 4.72.